The molecule has 0 aromatic carbocycles. The van der Waals surface area contributed by atoms with Gasteiger partial charge in [-0.3, -0.25) is 0 Å². The summed E-state index contributed by atoms with van der Waals surface area (Å²) in [6.45, 7) is 7.69. The number of hydrogen-bond acceptors (Lipinski definition) is 19. The first-order valence-corrected chi connectivity index (χ1v) is 24.2. The van der Waals surface area contributed by atoms with Gasteiger partial charge in [-0.2, -0.15) is 0 Å². The topological polar surface area (TPSA) is 296 Å². The van der Waals surface area contributed by atoms with Crippen LogP contribution >= 0.6 is 0 Å². The molecule has 0 spiro atoms. The van der Waals surface area contributed by atoms with Crippen LogP contribution in [0, 0.1) is 52.3 Å². The number of aliphatic hydroxyl groups excluding tert-OH is 11. The standard InChI is InChI=1S/C46H78O19/c1-20(19-59-41-38(56)35(53)32(50)28(16-47)61-41)8-13-46(58-5)21(2)31-27(65-46)15-26-24-7-6-22-14-23(9-11-44(22,3)25(24)10-12-45(26,31)4)60-43-40(37(55)34(52)30(18-49)63-43)64-42-39(57)36(54)33(51)29(17-48)62-42/h20-43,47-57H,6-19H2,1-5H3. The highest BCUT2D eigenvalue weighted by atomic mass is 16.8. The van der Waals surface area contributed by atoms with Crippen molar-refractivity contribution in [3.63, 3.8) is 0 Å². The lowest BCUT2D eigenvalue weighted by molar-refractivity contribution is -0.373. The Morgan fingerprint density at radius 2 is 1.22 bits per heavy atom. The number of rotatable bonds is 14. The van der Waals surface area contributed by atoms with Crippen molar-refractivity contribution >= 4 is 0 Å². The molecule has 4 aliphatic carbocycles. The molecule has 27 unspecified atom stereocenters. The van der Waals surface area contributed by atoms with E-state index in [0.717, 1.165) is 44.9 Å². The zero-order chi connectivity index (χ0) is 46.9. The number of hydrogen-bond donors (Lipinski definition) is 11. The van der Waals surface area contributed by atoms with Crippen LogP contribution in [-0.2, 0) is 37.9 Å². The van der Waals surface area contributed by atoms with Crippen molar-refractivity contribution in [2.75, 3.05) is 33.5 Å². The smallest absolute Gasteiger partial charge is 0.187 e. The Morgan fingerprint density at radius 3 is 1.85 bits per heavy atom. The summed E-state index contributed by atoms with van der Waals surface area (Å²) < 4.78 is 48.8. The lowest BCUT2D eigenvalue weighted by atomic mass is 9.44. The molecular formula is C46H78O19. The van der Waals surface area contributed by atoms with Gasteiger partial charge < -0.3 is 94.1 Å². The Balaban J connectivity index is 0.880. The van der Waals surface area contributed by atoms with Crippen LogP contribution in [0.25, 0.3) is 0 Å². The van der Waals surface area contributed by atoms with Crippen molar-refractivity contribution in [2.45, 2.75) is 202 Å². The highest BCUT2D eigenvalue weighted by molar-refractivity contribution is 5.15. The minimum absolute atomic E-state index is 0.0271. The minimum Gasteiger partial charge on any atom is -0.394 e. The SMILES string of the molecule is COC1(CCC(C)COC2OC(CO)C(O)C(O)C2O)OC2CC3C4CCC5CC(OC6OC(CO)C(O)C(O)C6OC6OC(CO)C(O)C(O)C6O)CCC5(C)C4CCC3(C)C2C1C. The van der Waals surface area contributed by atoms with Gasteiger partial charge >= 0.3 is 0 Å². The molecule has 4 aliphatic heterocycles. The molecule has 19 nitrogen and oxygen atoms in total. The van der Waals surface area contributed by atoms with E-state index in [2.05, 4.69) is 20.8 Å². The van der Waals surface area contributed by atoms with E-state index in [1.807, 2.05) is 6.92 Å². The van der Waals surface area contributed by atoms with Crippen LogP contribution in [0.1, 0.15) is 91.9 Å². The highest BCUT2D eigenvalue weighted by Crippen LogP contribution is 2.71. The molecule has 0 radical (unpaired) electrons. The Kier molecular flexibility index (Phi) is 15.4. The van der Waals surface area contributed by atoms with Gasteiger partial charge in [0.25, 0.3) is 0 Å². The van der Waals surface area contributed by atoms with Gasteiger partial charge in [-0.1, -0.05) is 27.7 Å². The molecule has 0 aromatic rings. The molecule has 8 rings (SSSR count). The molecule has 4 saturated heterocycles. The van der Waals surface area contributed by atoms with Crippen molar-refractivity contribution in [3.8, 4) is 0 Å². The van der Waals surface area contributed by atoms with E-state index in [1.54, 1.807) is 7.11 Å². The number of methoxy groups -OCH3 is 1. The van der Waals surface area contributed by atoms with Crippen LogP contribution in [0.15, 0.2) is 0 Å². The maximum Gasteiger partial charge on any atom is 0.187 e. The second-order valence-corrected chi connectivity index (χ2v) is 21.6. The maximum absolute atomic E-state index is 11.2. The molecular weight excluding hydrogens is 856 g/mol. The van der Waals surface area contributed by atoms with Crippen LogP contribution < -0.4 is 0 Å². The molecule has 19 heteroatoms. The molecule has 27 atom stereocenters. The third kappa shape index (κ3) is 8.90. The van der Waals surface area contributed by atoms with Gasteiger partial charge in [0, 0.05) is 19.4 Å². The molecule has 8 fully saturated rings. The van der Waals surface area contributed by atoms with Crippen molar-refractivity contribution in [3.05, 3.63) is 0 Å². The van der Waals surface area contributed by atoms with Gasteiger partial charge in [0.2, 0.25) is 0 Å². The van der Waals surface area contributed by atoms with E-state index in [0.29, 0.717) is 48.9 Å². The lowest BCUT2D eigenvalue weighted by Crippen LogP contribution is -2.65. The summed E-state index contributed by atoms with van der Waals surface area (Å²) in [5, 5.41) is 113. The highest BCUT2D eigenvalue weighted by Gasteiger charge is 2.69. The molecule has 8 aliphatic rings. The van der Waals surface area contributed by atoms with Gasteiger partial charge in [-0.25, -0.2) is 0 Å². The normalized spacial score (nSPS) is 54.9. The Hall–Kier alpha value is -0.760. The summed E-state index contributed by atoms with van der Waals surface area (Å²) in [6, 6.07) is 0. The van der Waals surface area contributed by atoms with Crippen molar-refractivity contribution in [2.24, 2.45) is 52.3 Å². The van der Waals surface area contributed by atoms with Crippen LogP contribution in [0.2, 0.25) is 0 Å². The predicted octanol–water partition coefficient (Wildman–Crippen LogP) is -1.13. The molecule has 376 valence electrons. The third-order valence-corrected chi connectivity index (χ3v) is 18.3. The second-order valence-electron chi connectivity index (χ2n) is 21.6. The van der Waals surface area contributed by atoms with Crippen molar-refractivity contribution < 1.29 is 94.1 Å². The fourth-order valence-corrected chi connectivity index (χ4v) is 14.5. The molecule has 11 N–H and O–H groups in total. The van der Waals surface area contributed by atoms with Gasteiger partial charge in [0.15, 0.2) is 24.7 Å². The monoisotopic (exact) mass is 935 g/mol. The van der Waals surface area contributed by atoms with Gasteiger partial charge in [-0.05, 0) is 104 Å². The van der Waals surface area contributed by atoms with E-state index in [4.69, 9.17) is 37.9 Å². The third-order valence-electron chi connectivity index (χ3n) is 18.3. The Bertz CT molecular complexity index is 1580. The number of ether oxygens (including phenoxy) is 8. The van der Waals surface area contributed by atoms with E-state index >= 15 is 0 Å². The van der Waals surface area contributed by atoms with E-state index in [-0.39, 0.29) is 41.5 Å². The Labute approximate surface area is 381 Å². The van der Waals surface area contributed by atoms with Gasteiger partial charge in [0.1, 0.15) is 73.2 Å². The molecule has 4 saturated carbocycles. The maximum atomic E-state index is 11.2. The van der Waals surface area contributed by atoms with Crippen molar-refractivity contribution in [1.82, 2.24) is 0 Å². The zero-order valence-corrected chi connectivity index (χ0v) is 38.4. The fourth-order valence-electron chi connectivity index (χ4n) is 14.5. The molecule has 65 heavy (non-hydrogen) atoms. The first-order chi connectivity index (χ1) is 30.9. The van der Waals surface area contributed by atoms with E-state index in [1.165, 1.54) is 0 Å². The minimum atomic E-state index is -1.74. The summed E-state index contributed by atoms with van der Waals surface area (Å²) in [5.74, 6) is 1.67. The second kappa shape index (κ2) is 19.8. The summed E-state index contributed by atoms with van der Waals surface area (Å²) >= 11 is 0. The largest absolute Gasteiger partial charge is 0.394 e. The summed E-state index contributed by atoms with van der Waals surface area (Å²) in [4.78, 5) is 0. The number of fused-ring (bicyclic) bond motifs is 7. The van der Waals surface area contributed by atoms with Gasteiger partial charge in [-0.15, -0.1) is 0 Å². The summed E-state index contributed by atoms with van der Waals surface area (Å²) in [5.41, 5.74) is 0.150. The van der Waals surface area contributed by atoms with Crippen LogP contribution in [-0.4, -0.2) is 200 Å². The molecule has 0 amide bonds. The average Bonchev–Trinajstić information content (AvgIpc) is 3.76. The van der Waals surface area contributed by atoms with Gasteiger partial charge in [0.05, 0.1) is 38.6 Å². The molecule has 0 aromatic heterocycles. The van der Waals surface area contributed by atoms with Crippen LogP contribution in [0.4, 0.5) is 0 Å². The summed E-state index contributed by atoms with van der Waals surface area (Å²) in [7, 11) is 1.73. The van der Waals surface area contributed by atoms with E-state index < -0.39 is 118 Å². The van der Waals surface area contributed by atoms with Crippen LogP contribution in [0.5, 0.6) is 0 Å². The Morgan fingerprint density at radius 1 is 0.631 bits per heavy atom. The average molecular weight is 935 g/mol. The molecule has 0 bridgehead atoms. The van der Waals surface area contributed by atoms with Crippen molar-refractivity contribution in [1.29, 1.82) is 0 Å². The van der Waals surface area contributed by atoms with Crippen LogP contribution in [0.3, 0.4) is 0 Å². The predicted molar refractivity (Wildman–Crippen MR) is 224 cm³/mol. The summed E-state index contributed by atoms with van der Waals surface area (Å²) in [6.07, 6.45) is -12.7. The first-order valence-electron chi connectivity index (χ1n) is 24.2. The first kappa shape index (κ1) is 50.6. The zero-order valence-electron chi connectivity index (χ0n) is 38.4. The quantitative estimate of drug-likeness (QED) is 0.0920. The lowest BCUT2D eigenvalue weighted by Gasteiger charge is -2.61. The molecule has 4 heterocycles. The number of aliphatic hydroxyl groups is 11. The fraction of sp³-hybridized carbons (Fsp3) is 1.00. The van der Waals surface area contributed by atoms with E-state index in [9.17, 15) is 56.2 Å².